The van der Waals surface area contributed by atoms with Gasteiger partial charge in [-0.05, 0) is 42.5 Å². The van der Waals surface area contributed by atoms with Gasteiger partial charge in [0.05, 0.1) is 18.1 Å². The van der Waals surface area contributed by atoms with Crippen molar-refractivity contribution in [1.29, 1.82) is 0 Å². The van der Waals surface area contributed by atoms with Gasteiger partial charge in [-0.15, -0.1) is 0 Å². The highest BCUT2D eigenvalue weighted by Gasteiger charge is 2.35. The lowest BCUT2D eigenvalue weighted by Gasteiger charge is -2.18. The van der Waals surface area contributed by atoms with E-state index >= 15 is 0 Å². The maximum atomic E-state index is 12.9. The summed E-state index contributed by atoms with van der Waals surface area (Å²) in [6.45, 7) is 0.258. The lowest BCUT2D eigenvalue weighted by molar-refractivity contribution is -0.122. The Hall–Kier alpha value is -2.60. The van der Waals surface area contributed by atoms with Gasteiger partial charge < -0.3 is 15.0 Å². The molecule has 25 heavy (non-hydrogen) atoms. The molecule has 0 aromatic heterocycles. The van der Waals surface area contributed by atoms with Crippen LogP contribution in [0, 0.1) is 11.7 Å². The first-order valence-electron chi connectivity index (χ1n) is 7.68. The van der Waals surface area contributed by atoms with E-state index in [1.807, 2.05) is 0 Å². The first kappa shape index (κ1) is 17.2. The average Bonchev–Trinajstić information content (AvgIpc) is 2.99. The molecule has 1 unspecified atom stereocenters. The minimum Gasteiger partial charge on any atom is -0.495 e. The second-order valence-corrected chi connectivity index (χ2v) is 6.13. The van der Waals surface area contributed by atoms with Crippen LogP contribution in [-0.2, 0) is 9.59 Å². The van der Waals surface area contributed by atoms with Gasteiger partial charge in [-0.3, -0.25) is 9.59 Å². The Morgan fingerprint density at radius 1 is 1.28 bits per heavy atom. The Morgan fingerprint density at radius 2 is 2.00 bits per heavy atom. The molecule has 2 aromatic carbocycles. The number of nitrogens with zero attached hydrogens (tertiary/aromatic N) is 1. The number of carbonyl (C=O) groups excluding carboxylic acids is 2. The third-order valence-electron chi connectivity index (χ3n) is 4.05. The van der Waals surface area contributed by atoms with E-state index in [0.29, 0.717) is 22.1 Å². The number of carbonyl (C=O) groups is 2. The fourth-order valence-electron chi connectivity index (χ4n) is 2.73. The Balaban J connectivity index is 1.70. The van der Waals surface area contributed by atoms with Gasteiger partial charge in [-0.1, -0.05) is 11.6 Å². The van der Waals surface area contributed by atoms with Crippen LogP contribution in [0.4, 0.5) is 15.8 Å². The summed E-state index contributed by atoms with van der Waals surface area (Å²) in [5, 5.41) is 3.10. The van der Waals surface area contributed by atoms with Crippen molar-refractivity contribution in [3.05, 3.63) is 53.3 Å². The minimum atomic E-state index is -0.488. The van der Waals surface area contributed by atoms with E-state index in [0.717, 1.165) is 0 Å². The summed E-state index contributed by atoms with van der Waals surface area (Å²) in [7, 11) is 1.51. The van der Waals surface area contributed by atoms with Gasteiger partial charge in [0.25, 0.3) is 0 Å². The summed E-state index contributed by atoms with van der Waals surface area (Å²) < 4.78 is 18.0. The summed E-state index contributed by atoms with van der Waals surface area (Å²) in [6, 6.07) is 10.5. The van der Waals surface area contributed by atoms with Gasteiger partial charge in [0.2, 0.25) is 11.8 Å². The van der Waals surface area contributed by atoms with E-state index < -0.39 is 5.92 Å². The minimum absolute atomic E-state index is 0.108. The number of methoxy groups -OCH3 is 1. The average molecular weight is 363 g/mol. The third-order valence-corrected chi connectivity index (χ3v) is 4.35. The molecule has 1 fully saturated rings. The monoisotopic (exact) mass is 362 g/mol. The van der Waals surface area contributed by atoms with Crippen LogP contribution in [0.15, 0.2) is 42.5 Å². The number of benzene rings is 2. The van der Waals surface area contributed by atoms with Crippen LogP contribution in [0.1, 0.15) is 6.42 Å². The molecule has 130 valence electrons. The van der Waals surface area contributed by atoms with Crippen molar-refractivity contribution >= 4 is 34.8 Å². The third kappa shape index (κ3) is 3.74. The van der Waals surface area contributed by atoms with Crippen LogP contribution in [0.3, 0.4) is 0 Å². The lowest BCUT2D eigenvalue weighted by atomic mass is 10.1. The topological polar surface area (TPSA) is 58.6 Å². The van der Waals surface area contributed by atoms with Crippen molar-refractivity contribution in [3.63, 3.8) is 0 Å². The molecule has 0 radical (unpaired) electrons. The molecular formula is C18H16ClFN2O3. The molecule has 1 heterocycles. The molecule has 0 spiro atoms. The molecule has 1 aliphatic heterocycles. The molecule has 1 aliphatic rings. The number of hydrogen-bond acceptors (Lipinski definition) is 3. The van der Waals surface area contributed by atoms with Gasteiger partial charge in [-0.2, -0.15) is 0 Å². The number of hydrogen-bond donors (Lipinski definition) is 1. The Morgan fingerprint density at radius 3 is 2.64 bits per heavy atom. The highest BCUT2D eigenvalue weighted by atomic mass is 35.5. The fraction of sp³-hybridized carbons (Fsp3) is 0.222. The van der Waals surface area contributed by atoms with E-state index in [4.69, 9.17) is 16.3 Å². The van der Waals surface area contributed by atoms with Crippen LogP contribution in [0.25, 0.3) is 0 Å². The van der Waals surface area contributed by atoms with Crippen molar-refractivity contribution in [1.82, 2.24) is 0 Å². The van der Waals surface area contributed by atoms with Crippen LogP contribution in [0.2, 0.25) is 5.02 Å². The Bertz CT molecular complexity index is 810. The largest absolute Gasteiger partial charge is 0.495 e. The smallest absolute Gasteiger partial charge is 0.229 e. The number of amides is 2. The van der Waals surface area contributed by atoms with Gasteiger partial charge in [0.1, 0.15) is 11.6 Å². The number of rotatable bonds is 4. The molecule has 1 atom stereocenters. The number of halogens is 2. The second kappa shape index (κ2) is 7.11. The quantitative estimate of drug-likeness (QED) is 0.905. The number of nitrogens with one attached hydrogen (secondary N) is 1. The zero-order valence-corrected chi connectivity index (χ0v) is 14.2. The Kier molecular flexibility index (Phi) is 4.90. The molecule has 7 heteroatoms. The first-order valence-corrected chi connectivity index (χ1v) is 8.06. The summed E-state index contributed by atoms with van der Waals surface area (Å²) in [4.78, 5) is 26.2. The normalized spacial score (nSPS) is 16.8. The SMILES string of the molecule is COc1ccc(N2CC(C(=O)Nc3ccc(F)cc3)CC2=O)cc1Cl. The van der Waals surface area contributed by atoms with Crippen LogP contribution >= 0.6 is 11.6 Å². The summed E-state index contributed by atoms with van der Waals surface area (Å²) in [6.07, 6.45) is 0.108. The zero-order chi connectivity index (χ0) is 18.0. The predicted molar refractivity (Wildman–Crippen MR) is 93.5 cm³/mol. The van der Waals surface area contributed by atoms with Crippen LogP contribution in [0.5, 0.6) is 5.75 Å². The number of ether oxygens (including phenoxy) is 1. The molecule has 2 amide bonds. The first-order chi connectivity index (χ1) is 12.0. The van der Waals surface area contributed by atoms with E-state index in [9.17, 15) is 14.0 Å². The standard InChI is InChI=1S/C18H16ClFN2O3/c1-25-16-7-6-14(9-15(16)19)22-10-11(8-17(22)23)18(24)21-13-4-2-12(20)3-5-13/h2-7,9,11H,8,10H2,1H3,(H,21,24). The van der Waals surface area contributed by atoms with Gasteiger partial charge in [-0.25, -0.2) is 4.39 Å². The molecule has 2 aromatic rings. The maximum absolute atomic E-state index is 12.9. The van der Waals surface area contributed by atoms with Gasteiger partial charge >= 0.3 is 0 Å². The highest BCUT2D eigenvalue weighted by Crippen LogP contribution is 2.32. The van der Waals surface area contributed by atoms with Crippen molar-refractivity contribution < 1.29 is 18.7 Å². The van der Waals surface area contributed by atoms with E-state index in [1.165, 1.54) is 36.3 Å². The summed E-state index contributed by atoms with van der Waals surface area (Å²) in [5.74, 6) is -0.778. The van der Waals surface area contributed by atoms with Crippen molar-refractivity contribution in [2.24, 2.45) is 5.92 Å². The molecule has 0 aliphatic carbocycles. The summed E-state index contributed by atoms with van der Waals surface area (Å²) >= 11 is 6.10. The fourth-order valence-corrected chi connectivity index (χ4v) is 2.99. The van der Waals surface area contributed by atoms with Crippen molar-refractivity contribution in [2.45, 2.75) is 6.42 Å². The molecule has 3 rings (SSSR count). The molecule has 1 N–H and O–H groups in total. The van der Waals surface area contributed by atoms with Crippen molar-refractivity contribution in [3.8, 4) is 5.75 Å². The highest BCUT2D eigenvalue weighted by molar-refractivity contribution is 6.32. The maximum Gasteiger partial charge on any atom is 0.229 e. The lowest BCUT2D eigenvalue weighted by Crippen LogP contribution is -2.28. The molecule has 1 saturated heterocycles. The van der Waals surface area contributed by atoms with E-state index in [-0.39, 0.29) is 30.6 Å². The van der Waals surface area contributed by atoms with Crippen molar-refractivity contribution in [2.75, 3.05) is 23.9 Å². The summed E-state index contributed by atoms with van der Waals surface area (Å²) in [5.41, 5.74) is 1.11. The van der Waals surface area contributed by atoms with Crippen LogP contribution < -0.4 is 15.0 Å². The zero-order valence-electron chi connectivity index (χ0n) is 13.5. The van der Waals surface area contributed by atoms with Gasteiger partial charge in [0, 0.05) is 24.3 Å². The Labute approximate surface area is 149 Å². The predicted octanol–water partition coefficient (Wildman–Crippen LogP) is 3.48. The number of anilines is 2. The molecule has 0 bridgehead atoms. The molecule has 5 nitrogen and oxygen atoms in total. The van der Waals surface area contributed by atoms with Crippen LogP contribution in [-0.4, -0.2) is 25.5 Å². The second-order valence-electron chi connectivity index (χ2n) is 5.72. The molecule has 0 saturated carbocycles. The van der Waals surface area contributed by atoms with E-state index in [1.54, 1.807) is 18.2 Å². The molecular weight excluding hydrogens is 347 g/mol. The van der Waals surface area contributed by atoms with E-state index in [2.05, 4.69) is 5.32 Å². The van der Waals surface area contributed by atoms with Gasteiger partial charge in [0.15, 0.2) is 0 Å².